The van der Waals surface area contributed by atoms with Crippen molar-refractivity contribution in [2.45, 2.75) is 6.92 Å². The molecule has 0 aliphatic rings. The van der Waals surface area contributed by atoms with Gasteiger partial charge in [0.05, 0.1) is 18.0 Å². The van der Waals surface area contributed by atoms with Crippen molar-refractivity contribution in [2.75, 3.05) is 5.32 Å². The Bertz CT molecular complexity index is 581. The molecule has 0 aliphatic carbocycles. The first-order chi connectivity index (χ1) is 8.70. The second kappa shape index (κ2) is 5.32. The van der Waals surface area contributed by atoms with E-state index in [1.54, 1.807) is 18.4 Å². The van der Waals surface area contributed by atoms with Crippen LogP contribution in [-0.2, 0) is 0 Å². The lowest BCUT2D eigenvalue weighted by Gasteiger charge is -1.99. The summed E-state index contributed by atoms with van der Waals surface area (Å²) in [5.41, 5.74) is 1.30. The molecule has 0 fully saturated rings. The van der Waals surface area contributed by atoms with Gasteiger partial charge in [0.15, 0.2) is 5.13 Å². The van der Waals surface area contributed by atoms with Gasteiger partial charge in [0, 0.05) is 5.38 Å². The molecular weight excluding hydrogens is 254 g/mol. The highest BCUT2D eigenvalue weighted by Gasteiger charge is 2.10. The van der Waals surface area contributed by atoms with E-state index < -0.39 is 0 Å². The van der Waals surface area contributed by atoms with E-state index in [0.717, 1.165) is 0 Å². The molecule has 0 atom stereocenters. The van der Waals surface area contributed by atoms with Gasteiger partial charge in [0.25, 0.3) is 5.91 Å². The fourth-order valence-corrected chi connectivity index (χ4v) is 1.89. The SMILES string of the molecule is C/C(=N/O)c1csc(NC(=O)c2ccnnc2)n1. The molecule has 0 unspecified atom stereocenters. The minimum absolute atomic E-state index is 0.315. The average molecular weight is 263 g/mol. The molecule has 92 valence electrons. The molecule has 0 aliphatic heterocycles. The number of hydrogen-bond acceptors (Lipinski definition) is 7. The fourth-order valence-electron chi connectivity index (χ4n) is 1.14. The van der Waals surface area contributed by atoms with E-state index in [0.29, 0.717) is 22.1 Å². The van der Waals surface area contributed by atoms with Gasteiger partial charge in [-0.25, -0.2) is 4.98 Å². The molecule has 18 heavy (non-hydrogen) atoms. The topological polar surface area (TPSA) is 100 Å². The standard InChI is InChI=1S/C10H9N5O2S/c1-6(15-17)8-5-18-10(13-8)14-9(16)7-2-3-11-12-4-7/h2-5,17H,1H3,(H,13,14,16)/b15-6-. The third-order valence-corrected chi connectivity index (χ3v) is 2.85. The summed E-state index contributed by atoms with van der Waals surface area (Å²) in [6.45, 7) is 1.62. The van der Waals surface area contributed by atoms with Crippen molar-refractivity contribution in [1.29, 1.82) is 0 Å². The molecule has 0 spiro atoms. The predicted molar refractivity (Wildman–Crippen MR) is 66.1 cm³/mol. The van der Waals surface area contributed by atoms with Gasteiger partial charge < -0.3 is 5.21 Å². The first-order valence-electron chi connectivity index (χ1n) is 4.93. The van der Waals surface area contributed by atoms with Crippen molar-refractivity contribution in [2.24, 2.45) is 5.16 Å². The van der Waals surface area contributed by atoms with Crippen LogP contribution in [0.3, 0.4) is 0 Å². The van der Waals surface area contributed by atoms with Crippen LogP contribution in [0.4, 0.5) is 5.13 Å². The van der Waals surface area contributed by atoms with Crippen LogP contribution in [-0.4, -0.2) is 32.0 Å². The minimum Gasteiger partial charge on any atom is -0.411 e. The summed E-state index contributed by atoms with van der Waals surface area (Å²) in [4.78, 5) is 15.9. The number of carbonyl (C=O) groups is 1. The highest BCUT2D eigenvalue weighted by Crippen LogP contribution is 2.16. The van der Waals surface area contributed by atoms with E-state index in [1.807, 2.05) is 0 Å². The van der Waals surface area contributed by atoms with Crippen LogP contribution in [0, 0.1) is 0 Å². The summed E-state index contributed by atoms with van der Waals surface area (Å²) in [7, 11) is 0. The first-order valence-corrected chi connectivity index (χ1v) is 5.81. The third-order valence-electron chi connectivity index (χ3n) is 2.09. The molecule has 1 amide bonds. The van der Waals surface area contributed by atoms with Crippen LogP contribution in [0.2, 0.25) is 0 Å². The fraction of sp³-hybridized carbons (Fsp3) is 0.100. The van der Waals surface area contributed by atoms with E-state index >= 15 is 0 Å². The van der Waals surface area contributed by atoms with Crippen molar-refractivity contribution in [1.82, 2.24) is 15.2 Å². The number of hydrogen-bond donors (Lipinski definition) is 2. The molecule has 8 heteroatoms. The Hall–Kier alpha value is -2.35. The van der Waals surface area contributed by atoms with Gasteiger partial charge >= 0.3 is 0 Å². The van der Waals surface area contributed by atoms with Gasteiger partial charge in [-0.1, -0.05) is 5.16 Å². The average Bonchev–Trinajstić information content (AvgIpc) is 2.87. The van der Waals surface area contributed by atoms with Gasteiger partial charge in [-0.05, 0) is 13.0 Å². The molecule has 0 radical (unpaired) electrons. The summed E-state index contributed by atoms with van der Waals surface area (Å²) in [5.74, 6) is -0.315. The Labute approximate surface area is 106 Å². The van der Waals surface area contributed by atoms with Gasteiger partial charge in [-0.2, -0.15) is 10.2 Å². The Balaban J connectivity index is 2.11. The van der Waals surface area contributed by atoms with Crippen molar-refractivity contribution in [3.05, 3.63) is 35.1 Å². The summed E-state index contributed by atoms with van der Waals surface area (Å²) in [6, 6.07) is 1.55. The van der Waals surface area contributed by atoms with E-state index in [9.17, 15) is 4.79 Å². The molecule has 0 aromatic carbocycles. The number of aromatic nitrogens is 3. The normalized spacial score (nSPS) is 11.3. The van der Waals surface area contributed by atoms with E-state index in [4.69, 9.17) is 5.21 Å². The summed E-state index contributed by atoms with van der Waals surface area (Å²) >= 11 is 1.25. The molecule has 2 aromatic rings. The van der Waals surface area contributed by atoms with Crippen molar-refractivity contribution >= 4 is 28.1 Å². The van der Waals surface area contributed by atoms with Gasteiger partial charge in [0.1, 0.15) is 11.4 Å². The molecule has 2 aromatic heterocycles. The summed E-state index contributed by atoms with van der Waals surface area (Å²) < 4.78 is 0. The zero-order valence-electron chi connectivity index (χ0n) is 9.36. The number of thiazole rings is 1. The smallest absolute Gasteiger partial charge is 0.259 e. The number of oxime groups is 1. The molecular formula is C10H9N5O2S. The number of anilines is 1. The maximum Gasteiger partial charge on any atom is 0.259 e. The second-order valence-corrected chi connectivity index (χ2v) is 4.17. The van der Waals surface area contributed by atoms with Crippen LogP contribution < -0.4 is 5.32 Å². The van der Waals surface area contributed by atoms with Crippen molar-refractivity contribution < 1.29 is 10.0 Å². The minimum atomic E-state index is -0.315. The zero-order chi connectivity index (χ0) is 13.0. The van der Waals surface area contributed by atoms with Gasteiger partial charge in [0.2, 0.25) is 0 Å². The Morgan fingerprint density at radius 1 is 1.50 bits per heavy atom. The van der Waals surface area contributed by atoms with Gasteiger partial charge in [-0.3, -0.25) is 10.1 Å². The molecule has 2 rings (SSSR count). The van der Waals surface area contributed by atoms with E-state index in [-0.39, 0.29) is 5.91 Å². The Morgan fingerprint density at radius 2 is 2.33 bits per heavy atom. The molecule has 2 heterocycles. The number of rotatable bonds is 3. The van der Waals surface area contributed by atoms with E-state index in [1.165, 1.54) is 23.7 Å². The maximum absolute atomic E-state index is 11.8. The largest absolute Gasteiger partial charge is 0.411 e. The van der Waals surface area contributed by atoms with Crippen molar-refractivity contribution in [3.8, 4) is 0 Å². The van der Waals surface area contributed by atoms with Gasteiger partial charge in [-0.15, -0.1) is 11.3 Å². The molecule has 2 N–H and O–H groups in total. The maximum atomic E-state index is 11.8. The number of carbonyl (C=O) groups excluding carboxylic acids is 1. The molecule has 0 saturated heterocycles. The van der Waals surface area contributed by atoms with Crippen LogP contribution >= 0.6 is 11.3 Å². The second-order valence-electron chi connectivity index (χ2n) is 3.31. The van der Waals surface area contributed by atoms with Crippen LogP contribution in [0.25, 0.3) is 0 Å². The zero-order valence-corrected chi connectivity index (χ0v) is 10.2. The van der Waals surface area contributed by atoms with Crippen LogP contribution in [0.1, 0.15) is 23.0 Å². The lowest BCUT2D eigenvalue weighted by molar-refractivity contribution is 0.102. The van der Waals surface area contributed by atoms with E-state index in [2.05, 4.69) is 25.7 Å². The number of nitrogens with zero attached hydrogens (tertiary/aromatic N) is 4. The highest BCUT2D eigenvalue weighted by atomic mass is 32.1. The number of amides is 1. The lowest BCUT2D eigenvalue weighted by atomic mass is 10.3. The summed E-state index contributed by atoms with van der Waals surface area (Å²) in [5, 5.41) is 23.6. The predicted octanol–water partition coefficient (Wildman–Crippen LogP) is 1.38. The number of nitrogens with one attached hydrogen (secondary N) is 1. The molecule has 7 nitrogen and oxygen atoms in total. The molecule has 0 saturated carbocycles. The quantitative estimate of drug-likeness (QED) is 0.495. The van der Waals surface area contributed by atoms with Crippen molar-refractivity contribution in [3.63, 3.8) is 0 Å². The van der Waals surface area contributed by atoms with Crippen LogP contribution in [0.15, 0.2) is 29.0 Å². The monoisotopic (exact) mass is 263 g/mol. The lowest BCUT2D eigenvalue weighted by Crippen LogP contribution is -2.12. The Morgan fingerprint density at radius 3 is 3.00 bits per heavy atom. The highest BCUT2D eigenvalue weighted by molar-refractivity contribution is 7.14. The third kappa shape index (κ3) is 2.66. The first kappa shape index (κ1) is 12.1. The van der Waals surface area contributed by atoms with Crippen LogP contribution in [0.5, 0.6) is 0 Å². The Kier molecular flexibility index (Phi) is 3.58. The summed E-state index contributed by atoms with van der Waals surface area (Å²) in [6.07, 6.45) is 2.80. The molecule has 0 bridgehead atoms.